The average Bonchev–Trinajstić information content (AvgIpc) is 2.45. The molecular formula is C15H15ClN2O3S. The van der Waals surface area contributed by atoms with Crippen LogP contribution in [0.1, 0.15) is 12.0 Å². The SMILES string of the molecule is NS(=O)(=O)c1ccc(NC(=O)CCc2cccc(Cl)c2)cc1. The number of hydrogen-bond donors (Lipinski definition) is 2. The van der Waals surface area contributed by atoms with E-state index in [-0.39, 0.29) is 10.8 Å². The fraction of sp³-hybridized carbons (Fsp3) is 0.133. The van der Waals surface area contributed by atoms with Crippen LogP contribution in [-0.2, 0) is 21.2 Å². The lowest BCUT2D eigenvalue weighted by Gasteiger charge is -2.06. The first kappa shape index (κ1) is 16.5. The van der Waals surface area contributed by atoms with E-state index in [2.05, 4.69) is 5.32 Å². The van der Waals surface area contributed by atoms with Crippen LogP contribution in [0.25, 0.3) is 0 Å². The number of anilines is 1. The molecular weight excluding hydrogens is 324 g/mol. The van der Waals surface area contributed by atoms with Crippen molar-refractivity contribution >= 4 is 33.2 Å². The van der Waals surface area contributed by atoms with Gasteiger partial charge in [0.1, 0.15) is 0 Å². The van der Waals surface area contributed by atoms with Crippen LogP contribution in [0.4, 0.5) is 5.69 Å². The summed E-state index contributed by atoms with van der Waals surface area (Å²) in [6, 6.07) is 13.0. The van der Waals surface area contributed by atoms with Crippen molar-refractivity contribution in [1.82, 2.24) is 0 Å². The van der Waals surface area contributed by atoms with Gasteiger partial charge in [-0.3, -0.25) is 4.79 Å². The minimum atomic E-state index is -3.72. The highest BCUT2D eigenvalue weighted by molar-refractivity contribution is 7.89. The summed E-state index contributed by atoms with van der Waals surface area (Å²) in [6.07, 6.45) is 0.874. The van der Waals surface area contributed by atoms with Gasteiger partial charge in [-0.1, -0.05) is 23.7 Å². The van der Waals surface area contributed by atoms with Crippen LogP contribution < -0.4 is 10.5 Å². The van der Waals surface area contributed by atoms with Gasteiger partial charge in [-0.15, -0.1) is 0 Å². The Balaban J connectivity index is 1.92. The lowest BCUT2D eigenvalue weighted by atomic mass is 10.1. The van der Waals surface area contributed by atoms with Crippen LogP contribution in [0.2, 0.25) is 5.02 Å². The Bertz CT molecular complexity index is 774. The quantitative estimate of drug-likeness (QED) is 0.878. The van der Waals surface area contributed by atoms with Gasteiger partial charge in [0.25, 0.3) is 0 Å². The normalized spacial score (nSPS) is 11.2. The summed E-state index contributed by atoms with van der Waals surface area (Å²) in [5.41, 5.74) is 1.50. The first-order chi connectivity index (χ1) is 10.3. The van der Waals surface area contributed by atoms with Crippen molar-refractivity contribution in [2.24, 2.45) is 5.14 Å². The van der Waals surface area contributed by atoms with Gasteiger partial charge in [0.15, 0.2) is 0 Å². The summed E-state index contributed by atoms with van der Waals surface area (Å²) < 4.78 is 22.3. The Morgan fingerprint density at radius 2 is 1.82 bits per heavy atom. The predicted molar refractivity (Wildman–Crippen MR) is 86.2 cm³/mol. The number of aryl methyl sites for hydroxylation is 1. The number of amides is 1. The molecule has 0 aliphatic rings. The lowest BCUT2D eigenvalue weighted by Crippen LogP contribution is -2.14. The van der Waals surface area contributed by atoms with Gasteiger partial charge >= 0.3 is 0 Å². The summed E-state index contributed by atoms with van der Waals surface area (Å²) in [4.78, 5) is 11.9. The van der Waals surface area contributed by atoms with E-state index in [1.165, 1.54) is 24.3 Å². The number of carbonyl (C=O) groups is 1. The zero-order chi connectivity index (χ0) is 16.2. The van der Waals surface area contributed by atoms with Crippen LogP contribution in [-0.4, -0.2) is 14.3 Å². The molecule has 0 aromatic heterocycles. The van der Waals surface area contributed by atoms with E-state index >= 15 is 0 Å². The second-order valence-corrected chi connectivity index (χ2v) is 6.75. The second-order valence-electron chi connectivity index (χ2n) is 4.75. The van der Waals surface area contributed by atoms with Gasteiger partial charge < -0.3 is 5.32 Å². The molecule has 0 unspecified atom stereocenters. The van der Waals surface area contributed by atoms with Crippen molar-refractivity contribution in [3.05, 3.63) is 59.1 Å². The zero-order valence-electron chi connectivity index (χ0n) is 11.6. The molecule has 0 heterocycles. The fourth-order valence-electron chi connectivity index (χ4n) is 1.90. The molecule has 0 saturated carbocycles. The molecule has 7 heteroatoms. The molecule has 0 bridgehead atoms. The van der Waals surface area contributed by atoms with E-state index < -0.39 is 10.0 Å². The van der Waals surface area contributed by atoms with Crippen molar-refractivity contribution in [1.29, 1.82) is 0 Å². The van der Waals surface area contributed by atoms with Crippen LogP contribution in [0.5, 0.6) is 0 Å². The van der Waals surface area contributed by atoms with E-state index in [9.17, 15) is 13.2 Å². The molecule has 2 aromatic carbocycles. The van der Waals surface area contributed by atoms with Gasteiger partial charge in [-0.05, 0) is 48.4 Å². The van der Waals surface area contributed by atoms with Gasteiger partial charge in [-0.25, -0.2) is 13.6 Å². The Labute approximate surface area is 134 Å². The number of nitrogens with one attached hydrogen (secondary N) is 1. The maximum absolute atomic E-state index is 11.9. The summed E-state index contributed by atoms with van der Waals surface area (Å²) in [6.45, 7) is 0. The summed E-state index contributed by atoms with van der Waals surface area (Å²) >= 11 is 5.88. The van der Waals surface area contributed by atoms with Crippen LogP contribution >= 0.6 is 11.6 Å². The van der Waals surface area contributed by atoms with E-state index in [1.54, 1.807) is 6.07 Å². The molecule has 0 aliphatic heterocycles. The van der Waals surface area contributed by atoms with E-state index in [0.29, 0.717) is 23.6 Å². The number of hydrogen-bond acceptors (Lipinski definition) is 3. The summed E-state index contributed by atoms with van der Waals surface area (Å²) in [5.74, 6) is -0.164. The molecule has 0 atom stereocenters. The summed E-state index contributed by atoms with van der Waals surface area (Å²) in [5, 5.41) is 8.34. The van der Waals surface area contributed by atoms with Gasteiger partial charge in [-0.2, -0.15) is 0 Å². The number of sulfonamides is 1. The van der Waals surface area contributed by atoms with Crippen LogP contribution in [0.15, 0.2) is 53.4 Å². The minimum absolute atomic E-state index is 0.00410. The molecule has 116 valence electrons. The smallest absolute Gasteiger partial charge is 0.238 e. The van der Waals surface area contributed by atoms with Gasteiger partial charge in [0.05, 0.1) is 4.90 Å². The number of halogens is 1. The van der Waals surface area contributed by atoms with E-state index in [1.807, 2.05) is 18.2 Å². The molecule has 3 N–H and O–H groups in total. The number of nitrogens with two attached hydrogens (primary N) is 1. The van der Waals surface area contributed by atoms with Crippen molar-refractivity contribution in [2.75, 3.05) is 5.32 Å². The number of primary sulfonamides is 1. The number of carbonyl (C=O) groups excluding carboxylic acids is 1. The molecule has 0 spiro atoms. The predicted octanol–water partition coefficient (Wildman–Crippen LogP) is 2.56. The fourth-order valence-corrected chi connectivity index (χ4v) is 2.63. The average molecular weight is 339 g/mol. The maximum atomic E-state index is 11.9. The molecule has 1 amide bonds. The monoisotopic (exact) mass is 338 g/mol. The Morgan fingerprint density at radius 1 is 1.14 bits per heavy atom. The Kier molecular flexibility index (Phi) is 5.18. The van der Waals surface area contributed by atoms with Crippen molar-refractivity contribution in [3.8, 4) is 0 Å². The maximum Gasteiger partial charge on any atom is 0.238 e. The largest absolute Gasteiger partial charge is 0.326 e. The zero-order valence-corrected chi connectivity index (χ0v) is 13.2. The number of benzene rings is 2. The lowest BCUT2D eigenvalue weighted by molar-refractivity contribution is -0.116. The molecule has 0 aliphatic carbocycles. The van der Waals surface area contributed by atoms with Gasteiger partial charge in [0.2, 0.25) is 15.9 Å². The molecule has 2 aromatic rings. The van der Waals surface area contributed by atoms with Gasteiger partial charge in [0, 0.05) is 17.1 Å². The highest BCUT2D eigenvalue weighted by atomic mass is 35.5. The molecule has 2 rings (SSSR count). The topological polar surface area (TPSA) is 89.3 Å². The van der Waals surface area contributed by atoms with Crippen LogP contribution in [0, 0.1) is 0 Å². The van der Waals surface area contributed by atoms with Crippen LogP contribution in [0.3, 0.4) is 0 Å². The van der Waals surface area contributed by atoms with E-state index in [4.69, 9.17) is 16.7 Å². The van der Waals surface area contributed by atoms with Crippen molar-refractivity contribution in [3.63, 3.8) is 0 Å². The molecule has 22 heavy (non-hydrogen) atoms. The van der Waals surface area contributed by atoms with Crippen molar-refractivity contribution in [2.45, 2.75) is 17.7 Å². The Hall–Kier alpha value is -1.89. The summed E-state index contributed by atoms with van der Waals surface area (Å²) in [7, 11) is -3.72. The third kappa shape index (κ3) is 4.84. The Morgan fingerprint density at radius 3 is 2.41 bits per heavy atom. The standard InChI is InChI=1S/C15H15ClN2O3S/c16-12-3-1-2-11(10-12)4-9-15(19)18-13-5-7-14(8-6-13)22(17,20)21/h1-3,5-8,10H,4,9H2,(H,18,19)(H2,17,20,21). The third-order valence-electron chi connectivity index (χ3n) is 3.00. The third-order valence-corrected chi connectivity index (χ3v) is 4.16. The second kappa shape index (κ2) is 6.91. The molecule has 5 nitrogen and oxygen atoms in total. The molecule has 0 radical (unpaired) electrons. The molecule has 0 fully saturated rings. The highest BCUT2D eigenvalue weighted by Crippen LogP contribution is 2.15. The molecule has 0 saturated heterocycles. The first-order valence-electron chi connectivity index (χ1n) is 6.52. The number of rotatable bonds is 5. The minimum Gasteiger partial charge on any atom is -0.326 e. The van der Waals surface area contributed by atoms with Crippen molar-refractivity contribution < 1.29 is 13.2 Å². The highest BCUT2D eigenvalue weighted by Gasteiger charge is 2.08. The van der Waals surface area contributed by atoms with E-state index in [0.717, 1.165) is 5.56 Å². The first-order valence-corrected chi connectivity index (χ1v) is 8.44.